The molecule has 0 aromatic carbocycles. The number of ether oxygens (including phenoxy) is 8. The lowest BCUT2D eigenvalue weighted by atomic mass is 9.99. The first-order chi connectivity index (χ1) is 25.5. The highest BCUT2D eigenvalue weighted by molar-refractivity contribution is 5.88. The molecule has 0 spiro atoms. The van der Waals surface area contributed by atoms with Crippen LogP contribution in [0.15, 0.2) is 36.5 Å². The zero-order chi connectivity index (χ0) is 40.3. The predicted octanol–water partition coefficient (Wildman–Crippen LogP) is -5.42. The number of carbonyl (C=O) groups is 3. The van der Waals surface area contributed by atoms with Crippen molar-refractivity contribution in [3.8, 4) is 0 Å². The molecule has 3 saturated heterocycles. The highest BCUT2D eigenvalue weighted by Crippen LogP contribution is 2.25. The van der Waals surface area contributed by atoms with E-state index in [2.05, 4.69) is 19.7 Å². The third-order valence-electron chi connectivity index (χ3n) is 8.77. The van der Waals surface area contributed by atoms with Gasteiger partial charge < -0.3 is 89.0 Å². The zero-order valence-corrected chi connectivity index (χ0v) is 29.2. The van der Waals surface area contributed by atoms with Gasteiger partial charge in [-0.25, -0.2) is 14.4 Å². The smallest absolute Gasteiger partial charge is 0.333 e. The van der Waals surface area contributed by atoms with Gasteiger partial charge in [-0.15, -0.1) is 0 Å². The van der Waals surface area contributed by atoms with Gasteiger partial charge in [0.15, 0.2) is 18.7 Å². The molecule has 3 fully saturated rings. The summed E-state index contributed by atoms with van der Waals surface area (Å²) in [6.07, 6.45) is -21.8. The van der Waals surface area contributed by atoms with Crippen molar-refractivity contribution in [2.75, 3.05) is 46.2 Å². The maximum Gasteiger partial charge on any atom is 0.333 e. The molecule has 0 aliphatic carbocycles. The minimum atomic E-state index is -1.80. The molecule has 3 aliphatic heterocycles. The van der Waals surface area contributed by atoms with E-state index in [4.69, 9.17) is 43.0 Å². The van der Waals surface area contributed by atoms with Crippen LogP contribution >= 0.6 is 0 Å². The molecule has 0 unspecified atom stereocenters. The summed E-state index contributed by atoms with van der Waals surface area (Å²) in [5.74, 6) is -2.78. The fraction of sp³-hybridized carbons (Fsp3) is 0.727. The second kappa shape index (κ2) is 21.4. The van der Waals surface area contributed by atoms with Gasteiger partial charge in [-0.3, -0.25) is 0 Å². The Morgan fingerprint density at radius 3 is 1.52 bits per heavy atom. The highest BCUT2D eigenvalue weighted by atomic mass is 16.7. The fourth-order valence-electron chi connectivity index (χ4n) is 5.28. The number of esters is 3. The van der Waals surface area contributed by atoms with Crippen molar-refractivity contribution < 1.29 is 103 Å². The molecule has 21 heteroatoms. The first-order valence-electron chi connectivity index (χ1n) is 16.9. The Morgan fingerprint density at radius 1 is 0.556 bits per heavy atom. The van der Waals surface area contributed by atoms with Gasteiger partial charge in [-0.05, 0) is 0 Å². The summed E-state index contributed by atoms with van der Waals surface area (Å²) >= 11 is 0. The minimum absolute atomic E-state index is 0.000700. The zero-order valence-electron chi connectivity index (χ0n) is 29.2. The van der Waals surface area contributed by atoms with Gasteiger partial charge >= 0.3 is 17.9 Å². The van der Waals surface area contributed by atoms with Crippen LogP contribution in [0.1, 0.15) is 19.3 Å². The summed E-state index contributed by atoms with van der Waals surface area (Å²) in [6.45, 7) is 7.60. The van der Waals surface area contributed by atoms with Gasteiger partial charge in [0, 0.05) is 42.6 Å². The average molecular weight is 783 g/mol. The molecular formula is C33H50O21. The summed E-state index contributed by atoms with van der Waals surface area (Å²) in [7, 11) is 0. The maximum atomic E-state index is 12.6. The SMILES string of the molecule is C=C(CCO)C(=O)OC[C@@H]1OC[C@H](OC(=O)C(=C)CCO[C@@H]2O[C@H](COC(=O)C(=C)CCO[C@@H]3O[C@H](CO)[C@@H](O)[C@H](O)[C@H]3O)[C@@H](O)[C@H](O)[C@H]2O)[C@H](O)[C@@H]1O. The Labute approximate surface area is 309 Å². The number of rotatable bonds is 19. The van der Waals surface area contributed by atoms with Crippen LogP contribution in [0.25, 0.3) is 0 Å². The van der Waals surface area contributed by atoms with Crippen LogP contribution < -0.4 is 0 Å². The van der Waals surface area contributed by atoms with Crippen molar-refractivity contribution in [1.29, 1.82) is 0 Å². The van der Waals surface area contributed by atoms with Crippen LogP contribution in [-0.4, -0.2) is 201 Å². The van der Waals surface area contributed by atoms with Gasteiger partial charge in [0.1, 0.15) is 80.4 Å². The number of hydrogen-bond donors (Lipinski definition) is 10. The molecule has 0 aromatic heterocycles. The van der Waals surface area contributed by atoms with Crippen molar-refractivity contribution in [2.24, 2.45) is 0 Å². The lowest BCUT2D eigenvalue weighted by Crippen LogP contribution is -2.59. The predicted molar refractivity (Wildman–Crippen MR) is 174 cm³/mol. The second-order valence-corrected chi connectivity index (χ2v) is 12.7. The van der Waals surface area contributed by atoms with Crippen LogP contribution in [0.4, 0.5) is 0 Å². The topological polar surface area (TPSA) is 327 Å². The number of aliphatic hydroxyl groups is 10. The Morgan fingerprint density at radius 2 is 1.00 bits per heavy atom. The highest BCUT2D eigenvalue weighted by Gasteiger charge is 2.46. The van der Waals surface area contributed by atoms with Gasteiger partial charge in [-0.1, -0.05) is 19.7 Å². The monoisotopic (exact) mass is 782 g/mol. The van der Waals surface area contributed by atoms with E-state index in [1.165, 1.54) is 0 Å². The molecule has 54 heavy (non-hydrogen) atoms. The van der Waals surface area contributed by atoms with Crippen LogP contribution in [0, 0.1) is 0 Å². The number of aliphatic hydroxyl groups excluding tert-OH is 10. The first kappa shape index (κ1) is 45.4. The molecule has 0 radical (unpaired) electrons. The third kappa shape index (κ3) is 12.0. The van der Waals surface area contributed by atoms with E-state index < -0.39 is 124 Å². The lowest BCUT2D eigenvalue weighted by Gasteiger charge is -2.40. The Kier molecular flexibility index (Phi) is 18.0. The normalized spacial score (nSPS) is 35.4. The molecular weight excluding hydrogens is 732 g/mol. The third-order valence-corrected chi connectivity index (χ3v) is 8.77. The maximum absolute atomic E-state index is 12.6. The molecule has 14 atom stereocenters. The number of hydrogen-bond acceptors (Lipinski definition) is 21. The molecule has 3 heterocycles. The van der Waals surface area contributed by atoms with Crippen molar-refractivity contribution >= 4 is 17.9 Å². The van der Waals surface area contributed by atoms with E-state index in [1.807, 2.05) is 0 Å². The molecule has 3 aliphatic rings. The molecule has 0 bridgehead atoms. The average Bonchev–Trinajstić information content (AvgIpc) is 3.15. The summed E-state index contributed by atoms with van der Waals surface area (Å²) < 4.78 is 42.1. The second-order valence-electron chi connectivity index (χ2n) is 12.7. The van der Waals surface area contributed by atoms with E-state index >= 15 is 0 Å². The Bertz CT molecular complexity index is 1290. The molecule has 21 nitrogen and oxygen atoms in total. The summed E-state index contributed by atoms with van der Waals surface area (Å²) in [4.78, 5) is 37.0. The van der Waals surface area contributed by atoms with Crippen LogP contribution in [0.5, 0.6) is 0 Å². The van der Waals surface area contributed by atoms with Crippen molar-refractivity contribution in [1.82, 2.24) is 0 Å². The molecule has 308 valence electrons. The van der Waals surface area contributed by atoms with Gasteiger partial charge in [-0.2, -0.15) is 0 Å². The molecule has 0 aromatic rings. The largest absolute Gasteiger partial charge is 0.459 e. The van der Waals surface area contributed by atoms with Crippen LogP contribution in [-0.2, 0) is 52.3 Å². The van der Waals surface area contributed by atoms with Gasteiger partial charge in [0.05, 0.1) is 26.4 Å². The standard InChI is InChI=1S/C33H50O21/c1-14(4-7-34)29(44)50-11-18-22(37)23(38)19(12-49-18)52-31(46)16(3)6-9-48-33-28(43)26(41)24(39)20(54-33)13-51-30(45)15(2)5-8-47-32-27(42)25(40)21(36)17(10-35)53-32/h17-28,32-43H,1-13H2/t17-,18+,19+,20-,21-,22-,23+,24-,25+,26+,27-,28-,32-,33-/m1/s1. The molecule has 0 amide bonds. The van der Waals surface area contributed by atoms with E-state index in [1.54, 1.807) is 0 Å². The number of carbonyl (C=O) groups excluding carboxylic acids is 3. The minimum Gasteiger partial charge on any atom is -0.459 e. The van der Waals surface area contributed by atoms with Gasteiger partial charge in [0.2, 0.25) is 0 Å². The van der Waals surface area contributed by atoms with E-state index in [0.29, 0.717) is 0 Å². The van der Waals surface area contributed by atoms with E-state index in [9.17, 15) is 60.3 Å². The van der Waals surface area contributed by atoms with Crippen molar-refractivity contribution in [2.45, 2.75) is 105 Å². The Balaban J connectivity index is 1.39. The molecule has 0 saturated carbocycles. The van der Waals surface area contributed by atoms with Crippen LogP contribution in [0.2, 0.25) is 0 Å². The first-order valence-corrected chi connectivity index (χ1v) is 16.9. The quantitative estimate of drug-likeness (QED) is 0.0332. The fourth-order valence-corrected chi connectivity index (χ4v) is 5.28. The van der Waals surface area contributed by atoms with Gasteiger partial charge in [0.25, 0.3) is 0 Å². The summed E-state index contributed by atoms with van der Waals surface area (Å²) in [5, 5.41) is 99.9. The molecule has 10 N–H and O–H groups in total. The summed E-state index contributed by atoms with van der Waals surface area (Å²) in [6, 6.07) is 0. The molecule has 3 rings (SSSR count). The van der Waals surface area contributed by atoms with E-state index in [-0.39, 0.29) is 62.4 Å². The lowest BCUT2D eigenvalue weighted by molar-refractivity contribution is -0.301. The summed E-state index contributed by atoms with van der Waals surface area (Å²) in [5.41, 5.74) is -0.299. The van der Waals surface area contributed by atoms with Crippen LogP contribution in [0.3, 0.4) is 0 Å². The Hall–Kier alpha value is -2.97. The van der Waals surface area contributed by atoms with Crippen molar-refractivity contribution in [3.63, 3.8) is 0 Å². The van der Waals surface area contributed by atoms with Crippen molar-refractivity contribution in [3.05, 3.63) is 36.5 Å². The van der Waals surface area contributed by atoms with E-state index in [0.717, 1.165) is 0 Å².